The van der Waals surface area contributed by atoms with Crippen molar-refractivity contribution in [1.82, 2.24) is 4.90 Å². The quantitative estimate of drug-likeness (QED) is 0.368. The van der Waals surface area contributed by atoms with Crippen molar-refractivity contribution in [2.75, 3.05) is 49.5 Å². The van der Waals surface area contributed by atoms with Crippen molar-refractivity contribution >= 4 is 28.3 Å². The average molecular weight is 522 g/mol. The predicted molar refractivity (Wildman–Crippen MR) is 149 cm³/mol. The Morgan fingerprint density at radius 3 is 2.43 bits per heavy atom. The molecule has 7 nitrogen and oxygen atoms in total. The zero-order valence-corrected chi connectivity index (χ0v) is 22.6. The van der Waals surface area contributed by atoms with Crippen molar-refractivity contribution in [3.05, 3.63) is 77.9 Å². The molecule has 8 heteroatoms. The number of para-hydroxylation sites is 2. The van der Waals surface area contributed by atoms with Gasteiger partial charge in [0.1, 0.15) is 22.5 Å². The summed E-state index contributed by atoms with van der Waals surface area (Å²) >= 11 is 0. The Morgan fingerprint density at radius 1 is 1.00 bits per heavy atom. The Labute approximate surface area is 222 Å². The monoisotopic (exact) mass is 521 g/mol. The van der Waals surface area contributed by atoms with Crippen LogP contribution in [0.15, 0.2) is 71.6 Å². The maximum Gasteiger partial charge on any atom is 0.254 e. The second-order valence-electron chi connectivity index (χ2n) is 9.03. The molecule has 0 spiro atoms. The van der Waals surface area contributed by atoms with Gasteiger partial charge >= 0.3 is 0 Å². The third-order valence-electron chi connectivity index (χ3n) is 6.48. The van der Waals surface area contributed by atoms with Gasteiger partial charge in [0.25, 0.3) is 5.91 Å². The van der Waals surface area contributed by atoms with Crippen molar-refractivity contribution in [2.45, 2.75) is 31.6 Å². The number of hydrogen-bond acceptors (Lipinski definition) is 5. The molecule has 1 N–H and O–H groups in total. The summed E-state index contributed by atoms with van der Waals surface area (Å²) in [6.45, 7) is 7.37. The van der Waals surface area contributed by atoms with Crippen LogP contribution in [-0.4, -0.2) is 54.9 Å². The van der Waals surface area contributed by atoms with Gasteiger partial charge in [-0.05, 0) is 67.4 Å². The number of hydrogen-bond donors (Lipinski definition) is 1. The van der Waals surface area contributed by atoms with Crippen LogP contribution in [0.25, 0.3) is 0 Å². The van der Waals surface area contributed by atoms with E-state index in [9.17, 15) is 9.00 Å². The summed E-state index contributed by atoms with van der Waals surface area (Å²) in [7, 11) is 0.166. The number of carbonyl (C=O) groups is 1. The van der Waals surface area contributed by atoms with Crippen molar-refractivity contribution < 1.29 is 18.5 Å². The Hall–Kier alpha value is -3.52. The van der Waals surface area contributed by atoms with Gasteiger partial charge in [-0.1, -0.05) is 31.5 Å². The predicted octanol–water partition coefficient (Wildman–Crippen LogP) is 5.28. The molecule has 1 unspecified atom stereocenters. The number of nitrogens with zero attached hydrogens (tertiary/aromatic N) is 2. The zero-order chi connectivity index (χ0) is 26.2. The Morgan fingerprint density at radius 2 is 1.73 bits per heavy atom. The van der Waals surface area contributed by atoms with Crippen LogP contribution in [0.3, 0.4) is 0 Å². The highest BCUT2D eigenvalue weighted by Crippen LogP contribution is 2.29. The van der Waals surface area contributed by atoms with Gasteiger partial charge in [-0.2, -0.15) is 0 Å². The van der Waals surface area contributed by atoms with Crippen LogP contribution in [0.4, 0.5) is 11.4 Å². The summed E-state index contributed by atoms with van der Waals surface area (Å²) in [5.74, 6) is 1.59. The number of amides is 1. The number of piperazine rings is 1. The number of carbonyl (C=O) groups excluding carboxylic acids is 1. The molecule has 196 valence electrons. The molecule has 1 aliphatic rings. The van der Waals surface area contributed by atoms with Crippen molar-refractivity contribution in [3.63, 3.8) is 0 Å². The minimum atomic E-state index is -1.51. The first kappa shape index (κ1) is 26.5. The van der Waals surface area contributed by atoms with E-state index in [1.165, 1.54) is 0 Å². The Balaban J connectivity index is 1.39. The number of nitrogens with one attached hydrogen (secondary N) is 1. The van der Waals surface area contributed by atoms with Crippen molar-refractivity contribution in [3.8, 4) is 11.5 Å². The van der Waals surface area contributed by atoms with E-state index in [4.69, 9.17) is 9.47 Å². The first-order valence-corrected chi connectivity index (χ1v) is 13.8. The lowest BCUT2D eigenvalue weighted by Gasteiger charge is -2.36. The van der Waals surface area contributed by atoms with Gasteiger partial charge in [0.15, 0.2) is 0 Å². The SMILES string of the molecule is CCCCOc1ccc(NS(=O)c2ccc(C)c(C(=O)N3CCN(c4ccccc4OC)CC3)c2)cc1. The van der Waals surface area contributed by atoms with Crippen LogP contribution in [0.2, 0.25) is 0 Å². The normalized spacial score (nSPS) is 14.2. The molecule has 1 atom stereocenters. The molecule has 0 aromatic heterocycles. The molecule has 0 bridgehead atoms. The van der Waals surface area contributed by atoms with E-state index in [0.717, 1.165) is 54.4 Å². The van der Waals surface area contributed by atoms with Crippen LogP contribution in [0.1, 0.15) is 35.7 Å². The third kappa shape index (κ3) is 6.63. The number of benzene rings is 3. The van der Waals surface area contributed by atoms with Gasteiger partial charge in [0, 0.05) is 37.4 Å². The lowest BCUT2D eigenvalue weighted by Crippen LogP contribution is -2.49. The van der Waals surface area contributed by atoms with E-state index in [2.05, 4.69) is 16.5 Å². The largest absolute Gasteiger partial charge is 0.495 e. The molecule has 0 radical (unpaired) electrons. The van der Waals surface area contributed by atoms with E-state index >= 15 is 0 Å². The summed E-state index contributed by atoms with van der Waals surface area (Å²) in [5.41, 5.74) is 3.21. The molecule has 1 fully saturated rings. The van der Waals surface area contributed by atoms with E-state index < -0.39 is 11.0 Å². The first-order valence-electron chi connectivity index (χ1n) is 12.7. The highest BCUT2D eigenvalue weighted by molar-refractivity contribution is 7.86. The van der Waals surface area contributed by atoms with Gasteiger partial charge in [-0.3, -0.25) is 4.79 Å². The molecule has 3 aromatic rings. The smallest absolute Gasteiger partial charge is 0.254 e. The minimum absolute atomic E-state index is 0.0374. The molecule has 3 aromatic carbocycles. The van der Waals surface area contributed by atoms with E-state index in [1.54, 1.807) is 19.2 Å². The Kier molecular flexibility index (Phi) is 9.06. The molecule has 37 heavy (non-hydrogen) atoms. The average Bonchev–Trinajstić information content (AvgIpc) is 2.94. The molecule has 1 amide bonds. The number of aryl methyl sites for hydroxylation is 1. The second kappa shape index (κ2) is 12.6. The summed E-state index contributed by atoms with van der Waals surface area (Å²) in [6, 6.07) is 20.8. The van der Waals surface area contributed by atoms with Crippen LogP contribution in [0, 0.1) is 6.92 Å². The van der Waals surface area contributed by atoms with Gasteiger partial charge in [0.05, 0.1) is 24.3 Å². The molecule has 1 aliphatic heterocycles. The van der Waals surface area contributed by atoms with Crippen LogP contribution in [0.5, 0.6) is 11.5 Å². The first-order chi connectivity index (χ1) is 18.0. The van der Waals surface area contributed by atoms with E-state index in [1.807, 2.05) is 66.4 Å². The summed E-state index contributed by atoms with van der Waals surface area (Å²) < 4.78 is 27.3. The fourth-order valence-electron chi connectivity index (χ4n) is 4.28. The molecule has 0 saturated carbocycles. The lowest BCUT2D eigenvalue weighted by atomic mass is 10.1. The summed E-state index contributed by atoms with van der Waals surface area (Å²) in [4.78, 5) is 18.1. The van der Waals surface area contributed by atoms with Crippen molar-refractivity contribution in [1.29, 1.82) is 0 Å². The summed E-state index contributed by atoms with van der Waals surface area (Å²) in [6.07, 6.45) is 2.09. The Bertz CT molecular complexity index is 1220. The number of rotatable bonds is 10. The third-order valence-corrected chi connectivity index (χ3v) is 7.58. The fraction of sp³-hybridized carbons (Fsp3) is 0.345. The highest BCUT2D eigenvalue weighted by Gasteiger charge is 2.25. The van der Waals surface area contributed by atoms with Crippen LogP contribution < -0.4 is 19.1 Å². The molecule has 4 rings (SSSR count). The fourth-order valence-corrected chi connectivity index (χ4v) is 5.16. The topological polar surface area (TPSA) is 71.1 Å². The lowest BCUT2D eigenvalue weighted by molar-refractivity contribution is 0.0745. The number of anilines is 2. The van der Waals surface area contributed by atoms with Crippen molar-refractivity contribution in [2.24, 2.45) is 0 Å². The van der Waals surface area contributed by atoms with Crippen LogP contribution in [-0.2, 0) is 11.0 Å². The van der Waals surface area contributed by atoms with Crippen LogP contribution >= 0.6 is 0 Å². The molecular weight excluding hydrogens is 486 g/mol. The molecule has 1 saturated heterocycles. The van der Waals surface area contributed by atoms with Gasteiger partial charge in [0.2, 0.25) is 0 Å². The second-order valence-corrected chi connectivity index (χ2v) is 10.2. The number of methoxy groups -OCH3 is 1. The molecular formula is C29H35N3O4S. The number of ether oxygens (including phenoxy) is 2. The molecule has 1 heterocycles. The zero-order valence-electron chi connectivity index (χ0n) is 21.7. The molecule has 0 aliphatic carbocycles. The maximum absolute atomic E-state index is 13.4. The van der Waals surface area contributed by atoms with Gasteiger partial charge < -0.3 is 24.0 Å². The van der Waals surface area contributed by atoms with Gasteiger partial charge in [-0.25, -0.2) is 4.21 Å². The summed E-state index contributed by atoms with van der Waals surface area (Å²) in [5, 5.41) is 0. The van der Waals surface area contributed by atoms with Gasteiger partial charge in [-0.15, -0.1) is 0 Å². The van der Waals surface area contributed by atoms with E-state index in [-0.39, 0.29) is 5.91 Å². The van der Waals surface area contributed by atoms with E-state index in [0.29, 0.717) is 30.2 Å². The minimum Gasteiger partial charge on any atom is -0.495 e. The maximum atomic E-state index is 13.4. The highest BCUT2D eigenvalue weighted by atomic mass is 32.2. The number of unbranched alkanes of at least 4 members (excludes halogenated alkanes) is 1. The standard InChI is InChI=1S/C29H35N3O4S/c1-4-5-20-36-24-13-11-23(12-14-24)30-37(34)25-15-10-22(2)26(21-25)29(33)32-18-16-31(17-19-32)27-8-6-7-9-28(27)35-3/h6-15,21,30H,4-5,16-20H2,1-3H3.